The lowest BCUT2D eigenvalue weighted by atomic mass is 10.1. The van der Waals surface area contributed by atoms with Crippen LogP contribution in [0.25, 0.3) is 0 Å². The van der Waals surface area contributed by atoms with Crippen LogP contribution in [0.15, 0.2) is 46.9 Å². The quantitative estimate of drug-likeness (QED) is 0.819. The van der Waals surface area contributed by atoms with Gasteiger partial charge in [-0.25, -0.2) is 0 Å². The molecule has 2 aromatic carbocycles. The highest BCUT2D eigenvalue weighted by atomic mass is 79.9. The highest BCUT2D eigenvalue weighted by Gasteiger charge is 2.07. The Labute approximate surface area is 133 Å². The van der Waals surface area contributed by atoms with Crippen molar-refractivity contribution in [2.24, 2.45) is 0 Å². The standard InChI is InChI=1S/C16H17BrClNO/c1-11(12-4-3-5-14(18)8-12)19-10-13-9-15(20-2)6-7-16(13)17/h3-9,11,19H,10H2,1-2H3. The van der Waals surface area contributed by atoms with Crippen LogP contribution in [0.4, 0.5) is 0 Å². The molecule has 4 heteroatoms. The summed E-state index contributed by atoms with van der Waals surface area (Å²) in [7, 11) is 1.68. The summed E-state index contributed by atoms with van der Waals surface area (Å²) in [5, 5.41) is 4.25. The second kappa shape index (κ2) is 7.11. The van der Waals surface area contributed by atoms with Gasteiger partial charge in [-0.1, -0.05) is 39.7 Å². The Bertz CT molecular complexity index is 588. The molecule has 2 rings (SSSR count). The van der Waals surface area contributed by atoms with E-state index in [9.17, 15) is 0 Å². The van der Waals surface area contributed by atoms with Crippen molar-refractivity contribution in [3.63, 3.8) is 0 Å². The lowest BCUT2D eigenvalue weighted by molar-refractivity contribution is 0.413. The van der Waals surface area contributed by atoms with Crippen LogP contribution in [0, 0.1) is 0 Å². The molecule has 0 fully saturated rings. The molecule has 0 amide bonds. The minimum atomic E-state index is 0.229. The molecule has 0 aromatic heterocycles. The zero-order chi connectivity index (χ0) is 14.5. The van der Waals surface area contributed by atoms with Gasteiger partial charge in [0.2, 0.25) is 0 Å². The zero-order valence-corrected chi connectivity index (χ0v) is 13.8. The molecule has 1 N–H and O–H groups in total. The lowest BCUT2D eigenvalue weighted by Crippen LogP contribution is -2.18. The van der Waals surface area contributed by atoms with Crippen LogP contribution in [0.5, 0.6) is 5.75 Å². The van der Waals surface area contributed by atoms with Crippen molar-refractivity contribution in [2.75, 3.05) is 7.11 Å². The Kier molecular flexibility index (Phi) is 5.46. The molecule has 0 saturated heterocycles. The fraction of sp³-hybridized carbons (Fsp3) is 0.250. The first-order valence-electron chi connectivity index (χ1n) is 6.41. The summed E-state index contributed by atoms with van der Waals surface area (Å²) in [6.07, 6.45) is 0. The maximum Gasteiger partial charge on any atom is 0.119 e. The fourth-order valence-corrected chi connectivity index (χ4v) is 2.56. The number of rotatable bonds is 5. The average molecular weight is 355 g/mol. The van der Waals surface area contributed by atoms with Gasteiger partial charge in [0.05, 0.1) is 7.11 Å². The van der Waals surface area contributed by atoms with E-state index in [1.54, 1.807) is 7.11 Å². The van der Waals surface area contributed by atoms with E-state index in [0.717, 1.165) is 21.8 Å². The molecule has 0 saturated carbocycles. The first kappa shape index (κ1) is 15.4. The number of hydrogen-bond acceptors (Lipinski definition) is 2. The predicted molar refractivity (Wildman–Crippen MR) is 87.4 cm³/mol. The van der Waals surface area contributed by atoms with Crippen LogP contribution in [0.3, 0.4) is 0 Å². The van der Waals surface area contributed by atoms with Gasteiger partial charge in [0, 0.05) is 22.1 Å². The van der Waals surface area contributed by atoms with Gasteiger partial charge in [0.25, 0.3) is 0 Å². The molecule has 0 aliphatic rings. The third-order valence-corrected chi connectivity index (χ3v) is 4.21. The first-order chi connectivity index (χ1) is 9.60. The molecule has 0 radical (unpaired) electrons. The maximum absolute atomic E-state index is 6.02. The van der Waals surface area contributed by atoms with Crippen LogP contribution in [-0.4, -0.2) is 7.11 Å². The summed E-state index contributed by atoms with van der Waals surface area (Å²) in [6, 6.07) is 14.1. The minimum absolute atomic E-state index is 0.229. The normalized spacial score (nSPS) is 12.2. The summed E-state index contributed by atoms with van der Waals surface area (Å²) in [5.41, 5.74) is 2.34. The molecule has 0 aliphatic heterocycles. The van der Waals surface area contributed by atoms with Crippen LogP contribution < -0.4 is 10.1 Å². The van der Waals surface area contributed by atoms with E-state index in [-0.39, 0.29) is 6.04 Å². The Balaban J connectivity index is 2.05. The Hall–Kier alpha value is -1.03. The minimum Gasteiger partial charge on any atom is -0.497 e. The molecule has 0 spiro atoms. The Morgan fingerprint density at radius 2 is 2.05 bits per heavy atom. The summed E-state index contributed by atoms with van der Waals surface area (Å²) >= 11 is 9.58. The van der Waals surface area contributed by atoms with Gasteiger partial charge in [-0.15, -0.1) is 0 Å². The monoisotopic (exact) mass is 353 g/mol. The second-order valence-electron chi connectivity index (χ2n) is 4.61. The third kappa shape index (κ3) is 3.98. The van der Waals surface area contributed by atoms with Crippen molar-refractivity contribution >= 4 is 27.5 Å². The van der Waals surface area contributed by atoms with Crippen molar-refractivity contribution < 1.29 is 4.74 Å². The predicted octanol–water partition coefficient (Wildman–Crippen LogP) is 4.96. The van der Waals surface area contributed by atoms with Gasteiger partial charge in [0.1, 0.15) is 5.75 Å². The second-order valence-corrected chi connectivity index (χ2v) is 5.91. The molecule has 106 valence electrons. The first-order valence-corrected chi connectivity index (χ1v) is 7.58. The van der Waals surface area contributed by atoms with Gasteiger partial charge in [0.15, 0.2) is 0 Å². The van der Waals surface area contributed by atoms with Gasteiger partial charge < -0.3 is 10.1 Å². The molecular formula is C16H17BrClNO. The van der Waals surface area contributed by atoms with E-state index in [1.807, 2.05) is 36.4 Å². The van der Waals surface area contributed by atoms with Crippen LogP contribution in [0.2, 0.25) is 5.02 Å². The van der Waals surface area contributed by atoms with Crippen molar-refractivity contribution in [2.45, 2.75) is 19.5 Å². The van der Waals surface area contributed by atoms with Crippen LogP contribution in [-0.2, 0) is 6.54 Å². The van der Waals surface area contributed by atoms with Gasteiger partial charge in [-0.05, 0) is 48.4 Å². The lowest BCUT2D eigenvalue weighted by Gasteiger charge is -2.16. The van der Waals surface area contributed by atoms with Crippen molar-refractivity contribution in [1.29, 1.82) is 0 Å². The van der Waals surface area contributed by atoms with Crippen LogP contribution >= 0.6 is 27.5 Å². The molecule has 2 aromatic rings. The van der Waals surface area contributed by atoms with Gasteiger partial charge >= 0.3 is 0 Å². The smallest absolute Gasteiger partial charge is 0.119 e. The molecule has 20 heavy (non-hydrogen) atoms. The van der Waals surface area contributed by atoms with Crippen molar-refractivity contribution in [3.8, 4) is 5.75 Å². The van der Waals surface area contributed by atoms with E-state index in [1.165, 1.54) is 11.1 Å². The Morgan fingerprint density at radius 3 is 2.75 bits per heavy atom. The fourth-order valence-electron chi connectivity index (χ4n) is 1.97. The number of nitrogens with one attached hydrogen (secondary N) is 1. The Morgan fingerprint density at radius 1 is 1.25 bits per heavy atom. The highest BCUT2D eigenvalue weighted by molar-refractivity contribution is 9.10. The molecule has 1 unspecified atom stereocenters. The van der Waals surface area contributed by atoms with E-state index in [4.69, 9.17) is 16.3 Å². The number of benzene rings is 2. The number of halogens is 2. The van der Waals surface area contributed by atoms with E-state index < -0.39 is 0 Å². The highest BCUT2D eigenvalue weighted by Crippen LogP contribution is 2.24. The zero-order valence-electron chi connectivity index (χ0n) is 11.5. The summed E-state index contributed by atoms with van der Waals surface area (Å²) in [4.78, 5) is 0. The molecule has 2 nitrogen and oxygen atoms in total. The van der Waals surface area contributed by atoms with Crippen molar-refractivity contribution in [3.05, 3.63) is 63.1 Å². The topological polar surface area (TPSA) is 21.3 Å². The van der Waals surface area contributed by atoms with E-state index in [0.29, 0.717) is 0 Å². The van der Waals surface area contributed by atoms with Gasteiger partial charge in [-0.3, -0.25) is 0 Å². The van der Waals surface area contributed by atoms with E-state index in [2.05, 4.69) is 34.2 Å². The average Bonchev–Trinajstić information content (AvgIpc) is 2.46. The largest absolute Gasteiger partial charge is 0.497 e. The summed E-state index contributed by atoms with van der Waals surface area (Å²) in [6.45, 7) is 2.88. The summed E-state index contributed by atoms with van der Waals surface area (Å²) in [5.74, 6) is 0.861. The summed E-state index contributed by atoms with van der Waals surface area (Å²) < 4.78 is 6.32. The molecule has 1 atom stereocenters. The molecule has 0 bridgehead atoms. The molecular weight excluding hydrogens is 338 g/mol. The van der Waals surface area contributed by atoms with E-state index >= 15 is 0 Å². The number of hydrogen-bond donors (Lipinski definition) is 1. The maximum atomic E-state index is 6.02. The van der Waals surface area contributed by atoms with Crippen molar-refractivity contribution in [1.82, 2.24) is 5.32 Å². The number of ether oxygens (including phenoxy) is 1. The van der Waals surface area contributed by atoms with Gasteiger partial charge in [-0.2, -0.15) is 0 Å². The SMILES string of the molecule is COc1ccc(Br)c(CNC(C)c2cccc(Cl)c2)c1. The molecule has 0 heterocycles. The third-order valence-electron chi connectivity index (χ3n) is 3.20. The molecule has 0 aliphatic carbocycles. The van der Waals surface area contributed by atoms with Crippen LogP contribution in [0.1, 0.15) is 24.1 Å². The number of methoxy groups -OCH3 is 1.